The maximum absolute atomic E-state index is 9.44. The lowest BCUT2D eigenvalue weighted by Crippen LogP contribution is -2.28. The molecule has 1 aromatic heterocycles. The van der Waals surface area contributed by atoms with Crippen LogP contribution in [0.25, 0.3) is 42.4 Å². The topological polar surface area (TPSA) is 3.24 Å². The maximum Gasteiger partial charge on any atom is 0.0714 e. The van der Waals surface area contributed by atoms with Crippen molar-refractivity contribution in [3.05, 3.63) is 222 Å². The van der Waals surface area contributed by atoms with E-state index in [0.29, 0.717) is 0 Å². The molecule has 1 heterocycles. The second-order valence-corrected chi connectivity index (χ2v) is 14.0. The van der Waals surface area contributed by atoms with Gasteiger partial charge in [-0.05, 0) is 93.0 Å². The molecule has 240 valence electrons. The highest BCUT2D eigenvalue weighted by molar-refractivity contribution is 7.25. The molecule has 0 spiro atoms. The normalized spacial score (nSPS) is 16.1. The summed E-state index contributed by atoms with van der Waals surface area (Å²) in [6, 6.07) is 57.0. The van der Waals surface area contributed by atoms with Crippen LogP contribution in [0.3, 0.4) is 0 Å². The molecule has 10 rings (SSSR count). The highest BCUT2D eigenvalue weighted by atomic mass is 32.1. The maximum atomic E-state index is 9.44. The Kier molecular flexibility index (Phi) is 5.84. The summed E-state index contributed by atoms with van der Waals surface area (Å²) < 4.78 is 47.4. The summed E-state index contributed by atoms with van der Waals surface area (Å²) in [5.41, 5.74) is 8.76. The van der Waals surface area contributed by atoms with E-state index < -0.39 is 11.5 Å². The zero-order chi connectivity index (χ0) is 38.1. The first kappa shape index (κ1) is 24.8. The van der Waals surface area contributed by atoms with Gasteiger partial charge in [0, 0.05) is 37.2 Å². The number of benzene rings is 8. The van der Waals surface area contributed by atoms with Gasteiger partial charge < -0.3 is 4.90 Å². The number of para-hydroxylation sites is 1. The summed E-state index contributed by atoms with van der Waals surface area (Å²) in [5, 5.41) is 2.30. The number of nitrogens with zero attached hydrogens (tertiary/aromatic N) is 1. The molecule has 1 unspecified atom stereocenters. The molecule has 0 saturated heterocycles. The highest BCUT2D eigenvalue weighted by Gasteiger charge is 2.46. The Labute approximate surface area is 309 Å². The van der Waals surface area contributed by atoms with Gasteiger partial charge in [-0.2, -0.15) is 0 Å². The van der Waals surface area contributed by atoms with Crippen molar-refractivity contribution in [2.75, 3.05) is 4.90 Å². The van der Waals surface area contributed by atoms with Gasteiger partial charge in [0.05, 0.1) is 12.3 Å². The lowest BCUT2D eigenvalue weighted by atomic mass is 9.67. The van der Waals surface area contributed by atoms with E-state index in [2.05, 4.69) is 114 Å². The van der Waals surface area contributed by atoms with Crippen LogP contribution in [0.15, 0.2) is 200 Å². The Morgan fingerprint density at radius 3 is 1.88 bits per heavy atom. The van der Waals surface area contributed by atoms with Gasteiger partial charge in [-0.3, -0.25) is 0 Å². The van der Waals surface area contributed by atoms with Gasteiger partial charge in [0.25, 0.3) is 0 Å². The molecule has 1 aliphatic rings. The summed E-state index contributed by atoms with van der Waals surface area (Å²) in [6.45, 7) is 0. The lowest BCUT2D eigenvalue weighted by molar-refractivity contribution is 0.770. The molecule has 0 aliphatic heterocycles. The summed E-state index contributed by atoms with van der Waals surface area (Å²) in [7, 11) is 0. The summed E-state index contributed by atoms with van der Waals surface area (Å²) in [5.74, 6) is 0. The molecule has 51 heavy (non-hydrogen) atoms. The van der Waals surface area contributed by atoms with Crippen LogP contribution in [-0.4, -0.2) is 0 Å². The van der Waals surface area contributed by atoms with Crippen LogP contribution in [0.1, 0.15) is 29.1 Å². The minimum absolute atomic E-state index is 0.205. The van der Waals surface area contributed by atoms with Gasteiger partial charge in [-0.1, -0.05) is 152 Å². The zero-order valence-corrected chi connectivity index (χ0v) is 28.3. The molecule has 0 saturated carbocycles. The quantitative estimate of drug-likeness (QED) is 0.170. The van der Waals surface area contributed by atoms with Crippen molar-refractivity contribution in [1.29, 1.82) is 0 Å². The molecule has 2 heteroatoms. The second-order valence-electron chi connectivity index (χ2n) is 12.9. The molecule has 0 amide bonds. The van der Waals surface area contributed by atoms with E-state index in [0.717, 1.165) is 66.1 Å². The highest BCUT2D eigenvalue weighted by Crippen LogP contribution is 2.57. The SMILES string of the molecule is [2H]c1c([2H])c([2H])c(C2(c3ccc4c(c3)sc3ccccc34)c3ccccc3-c3cc(N(c4ccccc4)c4ccc(-c5ccccc5)cc4)ccc32)c([2H])c1[2H]. The van der Waals surface area contributed by atoms with Crippen molar-refractivity contribution in [1.82, 2.24) is 0 Å². The molecule has 8 aromatic carbocycles. The Balaban J connectivity index is 1.25. The molecule has 0 N–H and O–H groups in total. The third-order valence-corrected chi connectivity index (χ3v) is 11.4. The standard InChI is InChI=1S/C49H33NS/c1-4-14-34(15-5-1)35-24-27-39(28-25-35)50(38-18-8-3-9-19-38)40-29-31-46-44(33-40)41-20-10-12-22-45(41)49(46,36-16-6-2-7-17-36)37-26-30-43-42-21-11-13-23-47(42)51-48(43)32-37/h1-33H/i2D,6D,7D,16D,17D. The van der Waals surface area contributed by atoms with Crippen LogP contribution in [0.2, 0.25) is 0 Å². The van der Waals surface area contributed by atoms with E-state index in [1.165, 1.54) is 10.1 Å². The first-order valence-corrected chi connectivity index (χ1v) is 17.9. The monoisotopic (exact) mass is 672 g/mol. The first-order chi connectivity index (χ1) is 27.4. The predicted octanol–water partition coefficient (Wildman–Crippen LogP) is 13.6. The van der Waals surface area contributed by atoms with E-state index in [1.807, 2.05) is 60.7 Å². The number of hydrogen-bond acceptors (Lipinski definition) is 2. The van der Waals surface area contributed by atoms with Gasteiger partial charge in [0.15, 0.2) is 0 Å². The van der Waals surface area contributed by atoms with Crippen LogP contribution in [0.5, 0.6) is 0 Å². The van der Waals surface area contributed by atoms with Crippen molar-refractivity contribution < 1.29 is 6.85 Å². The largest absolute Gasteiger partial charge is 0.310 e. The van der Waals surface area contributed by atoms with Crippen molar-refractivity contribution in [3.63, 3.8) is 0 Å². The average Bonchev–Trinajstić information content (AvgIpc) is 3.77. The third-order valence-electron chi connectivity index (χ3n) is 10.2. The fourth-order valence-electron chi connectivity index (χ4n) is 7.99. The van der Waals surface area contributed by atoms with E-state index in [1.54, 1.807) is 11.3 Å². The number of rotatable bonds is 6. The van der Waals surface area contributed by atoms with Crippen molar-refractivity contribution in [2.45, 2.75) is 5.41 Å². The molecule has 0 radical (unpaired) electrons. The Hall–Kier alpha value is -6.22. The molecule has 1 atom stereocenters. The number of fused-ring (bicyclic) bond motifs is 6. The van der Waals surface area contributed by atoms with E-state index in [-0.39, 0.29) is 29.7 Å². The minimum atomic E-state index is -1.21. The Bertz CT molecular complexity index is 2950. The summed E-state index contributed by atoms with van der Waals surface area (Å²) in [6.07, 6.45) is 0. The zero-order valence-electron chi connectivity index (χ0n) is 32.5. The average molecular weight is 673 g/mol. The molecule has 9 aromatic rings. The van der Waals surface area contributed by atoms with Gasteiger partial charge in [-0.25, -0.2) is 0 Å². The molecular formula is C49H33NS. The number of hydrogen-bond donors (Lipinski definition) is 0. The van der Waals surface area contributed by atoms with Gasteiger partial charge in [-0.15, -0.1) is 11.3 Å². The fourth-order valence-corrected chi connectivity index (χ4v) is 9.14. The molecular weight excluding hydrogens is 635 g/mol. The number of anilines is 3. The Morgan fingerprint density at radius 1 is 0.431 bits per heavy atom. The van der Waals surface area contributed by atoms with Crippen molar-refractivity contribution >= 4 is 48.6 Å². The van der Waals surface area contributed by atoms with E-state index in [4.69, 9.17) is 4.11 Å². The second kappa shape index (κ2) is 12.0. The molecule has 0 fully saturated rings. The van der Waals surface area contributed by atoms with Gasteiger partial charge in [0.2, 0.25) is 0 Å². The van der Waals surface area contributed by atoms with Crippen LogP contribution >= 0.6 is 11.3 Å². The van der Waals surface area contributed by atoms with Crippen molar-refractivity contribution in [2.24, 2.45) is 0 Å². The predicted molar refractivity (Wildman–Crippen MR) is 217 cm³/mol. The van der Waals surface area contributed by atoms with Crippen molar-refractivity contribution in [3.8, 4) is 22.3 Å². The smallest absolute Gasteiger partial charge is 0.0714 e. The minimum Gasteiger partial charge on any atom is -0.310 e. The van der Waals surface area contributed by atoms with Crippen LogP contribution in [0.4, 0.5) is 17.1 Å². The molecule has 1 nitrogen and oxygen atoms in total. The summed E-state index contributed by atoms with van der Waals surface area (Å²) >= 11 is 1.70. The Morgan fingerprint density at radius 2 is 1.06 bits per heavy atom. The van der Waals surface area contributed by atoms with Crippen LogP contribution in [0, 0.1) is 0 Å². The molecule has 1 aliphatic carbocycles. The lowest BCUT2D eigenvalue weighted by Gasteiger charge is -2.34. The van der Waals surface area contributed by atoms with E-state index >= 15 is 0 Å². The fraction of sp³-hybridized carbons (Fsp3) is 0.0204. The van der Waals surface area contributed by atoms with Crippen LogP contribution < -0.4 is 4.90 Å². The third kappa shape index (κ3) is 4.68. The van der Waals surface area contributed by atoms with Crippen LogP contribution in [-0.2, 0) is 5.41 Å². The molecule has 0 bridgehead atoms. The van der Waals surface area contributed by atoms with Gasteiger partial charge in [0.1, 0.15) is 0 Å². The first-order valence-electron chi connectivity index (χ1n) is 19.6. The number of thiophene rings is 1. The van der Waals surface area contributed by atoms with E-state index in [9.17, 15) is 2.74 Å². The summed E-state index contributed by atoms with van der Waals surface area (Å²) in [4.78, 5) is 2.24. The van der Waals surface area contributed by atoms with Gasteiger partial charge >= 0.3 is 0 Å².